The van der Waals surface area contributed by atoms with Crippen LogP contribution in [0.2, 0.25) is 0 Å². The third-order valence-corrected chi connectivity index (χ3v) is 3.06. The van der Waals surface area contributed by atoms with Gasteiger partial charge in [-0.25, -0.2) is 0 Å². The maximum Gasteiger partial charge on any atom is 0.254 e. The van der Waals surface area contributed by atoms with Gasteiger partial charge in [0.15, 0.2) is 0 Å². The largest absolute Gasteiger partial charge is 0.467 e. The molecule has 2 aromatic rings. The van der Waals surface area contributed by atoms with Gasteiger partial charge in [-0.05, 0) is 43.3 Å². The van der Waals surface area contributed by atoms with Crippen molar-refractivity contribution in [2.24, 2.45) is 5.73 Å². The topological polar surface area (TPSA) is 59.5 Å². The van der Waals surface area contributed by atoms with Gasteiger partial charge in [0, 0.05) is 17.7 Å². The van der Waals surface area contributed by atoms with E-state index in [2.05, 4.69) is 11.8 Å². The number of carbonyl (C=O) groups is 1. The Morgan fingerprint density at radius 1 is 1.29 bits per heavy atom. The number of nitrogens with two attached hydrogens (primary N) is 1. The van der Waals surface area contributed by atoms with Gasteiger partial charge >= 0.3 is 0 Å². The maximum atomic E-state index is 12.5. The lowest BCUT2D eigenvalue weighted by Gasteiger charge is -2.19. The van der Waals surface area contributed by atoms with Crippen LogP contribution in [0.3, 0.4) is 0 Å². The summed E-state index contributed by atoms with van der Waals surface area (Å²) in [6.07, 6.45) is 1.61. The summed E-state index contributed by atoms with van der Waals surface area (Å²) in [7, 11) is 0. The quantitative estimate of drug-likeness (QED) is 0.875. The molecule has 1 aromatic heterocycles. The van der Waals surface area contributed by atoms with E-state index in [1.54, 1.807) is 23.3 Å². The molecule has 4 heteroatoms. The van der Waals surface area contributed by atoms with E-state index in [9.17, 15) is 4.79 Å². The molecule has 1 aromatic carbocycles. The molecular weight excluding hydrogens is 264 g/mol. The summed E-state index contributed by atoms with van der Waals surface area (Å²) >= 11 is 0. The van der Waals surface area contributed by atoms with Gasteiger partial charge in [0.05, 0.1) is 19.4 Å². The van der Waals surface area contributed by atoms with E-state index in [4.69, 9.17) is 10.2 Å². The highest BCUT2D eigenvalue weighted by atomic mass is 16.3. The highest BCUT2D eigenvalue weighted by Gasteiger charge is 2.15. The van der Waals surface area contributed by atoms with Crippen LogP contribution in [0.1, 0.15) is 28.6 Å². The van der Waals surface area contributed by atoms with Crippen LogP contribution in [0.15, 0.2) is 47.1 Å². The lowest BCUT2D eigenvalue weighted by Crippen LogP contribution is -2.30. The van der Waals surface area contributed by atoms with Gasteiger partial charge in [0.1, 0.15) is 5.76 Å². The lowest BCUT2D eigenvalue weighted by molar-refractivity contribution is 0.0741. The number of amides is 1. The monoisotopic (exact) mass is 282 g/mol. The van der Waals surface area contributed by atoms with Crippen LogP contribution in [0, 0.1) is 11.8 Å². The second-order valence-corrected chi connectivity index (χ2v) is 4.48. The Morgan fingerprint density at radius 3 is 2.62 bits per heavy atom. The first-order valence-electron chi connectivity index (χ1n) is 6.85. The van der Waals surface area contributed by atoms with Crippen molar-refractivity contribution < 1.29 is 9.21 Å². The number of rotatable bonds is 4. The molecule has 0 saturated carbocycles. The second kappa shape index (κ2) is 7.32. The smallest absolute Gasteiger partial charge is 0.254 e. The Balaban J connectivity index is 2.10. The zero-order valence-electron chi connectivity index (χ0n) is 12.0. The molecule has 2 N–H and O–H groups in total. The predicted molar refractivity (Wildman–Crippen MR) is 81.5 cm³/mol. The molecule has 108 valence electrons. The third kappa shape index (κ3) is 3.98. The fourth-order valence-corrected chi connectivity index (χ4v) is 1.95. The first-order chi connectivity index (χ1) is 10.2. The molecule has 0 aliphatic rings. The predicted octanol–water partition coefficient (Wildman–Crippen LogP) is 2.25. The summed E-state index contributed by atoms with van der Waals surface area (Å²) in [5, 5.41) is 0. The van der Waals surface area contributed by atoms with Crippen molar-refractivity contribution in [1.82, 2.24) is 4.90 Å². The second-order valence-electron chi connectivity index (χ2n) is 4.48. The van der Waals surface area contributed by atoms with E-state index in [-0.39, 0.29) is 5.91 Å². The van der Waals surface area contributed by atoms with Gasteiger partial charge in [-0.15, -0.1) is 0 Å². The molecule has 0 aliphatic heterocycles. The zero-order chi connectivity index (χ0) is 15.1. The highest BCUT2D eigenvalue weighted by molar-refractivity contribution is 5.94. The van der Waals surface area contributed by atoms with E-state index in [1.807, 2.05) is 31.2 Å². The molecule has 0 atom stereocenters. The van der Waals surface area contributed by atoms with Gasteiger partial charge in [-0.3, -0.25) is 4.79 Å². The number of carbonyl (C=O) groups excluding carboxylic acids is 1. The number of hydrogen-bond acceptors (Lipinski definition) is 3. The van der Waals surface area contributed by atoms with Gasteiger partial charge in [-0.1, -0.05) is 11.8 Å². The Bertz CT molecular complexity index is 634. The van der Waals surface area contributed by atoms with E-state index in [1.165, 1.54) is 0 Å². The van der Waals surface area contributed by atoms with Crippen molar-refractivity contribution in [3.63, 3.8) is 0 Å². The summed E-state index contributed by atoms with van der Waals surface area (Å²) in [6.45, 7) is 3.36. The summed E-state index contributed by atoms with van der Waals surface area (Å²) in [5.74, 6) is 6.47. The van der Waals surface area contributed by atoms with E-state index < -0.39 is 0 Å². The van der Waals surface area contributed by atoms with Crippen molar-refractivity contribution in [2.45, 2.75) is 13.5 Å². The Morgan fingerprint density at radius 2 is 2.05 bits per heavy atom. The van der Waals surface area contributed by atoms with Crippen molar-refractivity contribution >= 4 is 5.91 Å². The SMILES string of the molecule is CCN(Cc1ccco1)C(=O)c1ccc(C#CCN)cc1. The van der Waals surface area contributed by atoms with Crippen molar-refractivity contribution in [1.29, 1.82) is 0 Å². The van der Waals surface area contributed by atoms with E-state index in [0.29, 0.717) is 25.2 Å². The number of hydrogen-bond donors (Lipinski definition) is 1. The van der Waals surface area contributed by atoms with Gasteiger partial charge < -0.3 is 15.1 Å². The molecule has 1 amide bonds. The van der Waals surface area contributed by atoms with Crippen LogP contribution in [0.4, 0.5) is 0 Å². The molecule has 4 nitrogen and oxygen atoms in total. The summed E-state index contributed by atoms with van der Waals surface area (Å²) < 4.78 is 5.29. The van der Waals surface area contributed by atoms with E-state index >= 15 is 0 Å². The summed E-state index contributed by atoms with van der Waals surface area (Å²) in [5.41, 5.74) is 6.83. The molecule has 0 spiro atoms. The van der Waals surface area contributed by atoms with Crippen molar-refractivity contribution in [2.75, 3.05) is 13.1 Å². The van der Waals surface area contributed by atoms with Crippen LogP contribution in [-0.4, -0.2) is 23.9 Å². The minimum absolute atomic E-state index is 0.0211. The Kier molecular flexibility index (Phi) is 5.19. The molecule has 0 saturated heterocycles. The lowest BCUT2D eigenvalue weighted by atomic mass is 10.1. The molecule has 0 radical (unpaired) electrons. The van der Waals surface area contributed by atoms with Crippen LogP contribution in [0.25, 0.3) is 0 Å². The van der Waals surface area contributed by atoms with E-state index in [0.717, 1.165) is 11.3 Å². The summed E-state index contributed by atoms with van der Waals surface area (Å²) in [6, 6.07) is 10.9. The van der Waals surface area contributed by atoms with Crippen LogP contribution in [0.5, 0.6) is 0 Å². The highest BCUT2D eigenvalue weighted by Crippen LogP contribution is 2.11. The molecule has 21 heavy (non-hydrogen) atoms. The van der Waals surface area contributed by atoms with Gasteiger partial charge in [-0.2, -0.15) is 0 Å². The number of furan rings is 1. The fraction of sp³-hybridized carbons (Fsp3) is 0.235. The normalized spacial score (nSPS) is 9.81. The molecule has 0 bridgehead atoms. The number of benzene rings is 1. The van der Waals surface area contributed by atoms with Crippen LogP contribution in [-0.2, 0) is 6.54 Å². The first-order valence-corrected chi connectivity index (χ1v) is 6.85. The fourth-order valence-electron chi connectivity index (χ4n) is 1.95. The minimum Gasteiger partial charge on any atom is -0.467 e. The van der Waals surface area contributed by atoms with Crippen molar-refractivity contribution in [3.8, 4) is 11.8 Å². The summed E-state index contributed by atoms with van der Waals surface area (Å²) in [4.78, 5) is 14.2. The average molecular weight is 282 g/mol. The Labute approximate surface area is 124 Å². The Hall–Kier alpha value is -2.51. The third-order valence-electron chi connectivity index (χ3n) is 3.06. The van der Waals surface area contributed by atoms with Crippen molar-refractivity contribution in [3.05, 3.63) is 59.5 Å². The minimum atomic E-state index is -0.0211. The van der Waals surface area contributed by atoms with Crippen LogP contribution >= 0.6 is 0 Å². The standard InChI is InChI=1S/C17H18N2O2/c1-2-19(13-16-6-4-12-21-16)17(20)15-9-7-14(8-10-15)5-3-11-18/h4,6-10,12H,2,11,13,18H2,1H3. The molecule has 0 unspecified atom stereocenters. The molecule has 1 heterocycles. The molecule has 0 aliphatic carbocycles. The zero-order valence-corrected chi connectivity index (χ0v) is 12.0. The molecule has 2 rings (SSSR count). The number of nitrogens with zero attached hydrogens (tertiary/aromatic N) is 1. The van der Waals surface area contributed by atoms with Gasteiger partial charge in [0.2, 0.25) is 0 Å². The molecule has 0 fully saturated rings. The molecular formula is C17H18N2O2. The average Bonchev–Trinajstić information content (AvgIpc) is 3.03. The van der Waals surface area contributed by atoms with Gasteiger partial charge in [0.25, 0.3) is 5.91 Å². The first kappa shape index (κ1) is 14.9. The maximum absolute atomic E-state index is 12.5. The van der Waals surface area contributed by atoms with Crippen LogP contribution < -0.4 is 5.73 Å².